The van der Waals surface area contributed by atoms with Gasteiger partial charge in [-0.1, -0.05) is 72.8 Å². The van der Waals surface area contributed by atoms with Gasteiger partial charge >= 0.3 is 0 Å². The van der Waals surface area contributed by atoms with Crippen molar-refractivity contribution in [3.05, 3.63) is 145 Å². The van der Waals surface area contributed by atoms with Gasteiger partial charge in [-0.25, -0.2) is 0 Å². The maximum Gasteiger partial charge on any atom is 0.226 e. The quantitative estimate of drug-likeness (QED) is 0.185. The van der Waals surface area contributed by atoms with E-state index >= 15 is 0 Å². The molecule has 9 heteroatoms. The van der Waals surface area contributed by atoms with Crippen LogP contribution in [0, 0.1) is 6.92 Å². The van der Waals surface area contributed by atoms with E-state index in [9.17, 15) is 0 Å². The number of hydrogen-bond acceptors (Lipinski definition) is 9. The average molecular weight is 631 g/mol. The van der Waals surface area contributed by atoms with Crippen LogP contribution in [0.3, 0.4) is 0 Å². The van der Waals surface area contributed by atoms with Crippen LogP contribution in [-0.4, -0.2) is 19.9 Å². The lowest BCUT2D eigenvalue weighted by Gasteiger charge is -2.14. The third-order valence-corrected chi connectivity index (χ3v) is 7.18. The van der Waals surface area contributed by atoms with Gasteiger partial charge in [-0.15, -0.1) is 0 Å². The van der Waals surface area contributed by atoms with Gasteiger partial charge in [0.25, 0.3) is 0 Å². The first-order chi connectivity index (χ1) is 23.6. The zero-order chi connectivity index (χ0) is 32.3. The molecule has 3 heterocycles. The number of nitrogens with zero attached hydrogens (tertiary/aromatic N) is 4. The molecule has 0 aliphatic carbocycles. The highest BCUT2D eigenvalue weighted by Crippen LogP contribution is 2.36. The summed E-state index contributed by atoms with van der Waals surface area (Å²) in [5, 5.41) is 0. The van der Waals surface area contributed by atoms with Gasteiger partial charge in [-0.3, -0.25) is 0 Å². The van der Waals surface area contributed by atoms with Crippen LogP contribution in [0.1, 0.15) is 5.56 Å². The molecule has 10 bridgehead atoms. The van der Waals surface area contributed by atoms with E-state index in [1.54, 1.807) is 30.3 Å². The molecule has 1 aliphatic heterocycles. The van der Waals surface area contributed by atoms with Crippen molar-refractivity contribution in [3.63, 3.8) is 0 Å². The Kier molecular flexibility index (Phi) is 7.52. The monoisotopic (exact) mass is 630 g/mol. The first-order valence-electron chi connectivity index (χ1n) is 15.2. The molecule has 0 atom stereocenters. The predicted octanol–water partition coefficient (Wildman–Crippen LogP) is 10.2. The molecule has 0 N–H and O–H groups in total. The van der Waals surface area contributed by atoms with E-state index in [2.05, 4.69) is 9.97 Å². The average Bonchev–Trinajstić information content (AvgIpc) is 3.09. The van der Waals surface area contributed by atoms with Crippen LogP contribution in [0.15, 0.2) is 140 Å². The van der Waals surface area contributed by atoms with E-state index in [0.29, 0.717) is 57.9 Å². The van der Waals surface area contributed by atoms with Crippen molar-refractivity contribution in [2.24, 2.45) is 0 Å². The van der Waals surface area contributed by atoms with Crippen LogP contribution >= 0.6 is 0 Å². The molecule has 0 saturated heterocycles. The first-order valence-corrected chi connectivity index (χ1v) is 15.2. The number of aryl methyl sites for hydroxylation is 1. The minimum Gasteiger partial charge on any atom is -0.457 e. The molecule has 0 spiro atoms. The summed E-state index contributed by atoms with van der Waals surface area (Å²) in [6.45, 7) is 1.95. The van der Waals surface area contributed by atoms with Crippen LogP contribution in [0.25, 0.3) is 22.8 Å². The van der Waals surface area contributed by atoms with Gasteiger partial charge in [0.05, 0.1) is 12.1 Å². The second-order valence-corrected chi connectivity index (χ2v) is 10.9. The van der Waals surface area contributed by atoms with Gasteiger partial charge in [-0.05, 0) is 48.9 Å². The number of hydrogen-bond donors (Lipinski definition) is 0. The lowest BCUT2D eigenvalue weighted by Crippen LogP contribution is -1.99. The van der Waals surface area contributed by atoms with E-state index in [1.807, 2.05) is 116 Å². The molecule has 5 aromatic carbocycles. The van der Waals surface area contributed by atoms with Gasteiger partial charge in [0.2, 0.25) is 23.5 Å². The highest BCUT2D eigenvalue weighted by molar-refractivity contribution is 5.58. The Hall–Kier alpha value is -6.74. The smallest absolute Gasteiger partial charge is 0.226 e. The van der Waals surface area contributed by atoms with Crippen LogP contribution < -0.4 is 23.7 Å². The van der Waals surface area contributed by atoms with Crippen molar-refractivity contribution in [2.75, 3.05) is 0 Å². The predicted molar refractivity (Wildman–Crippen MR) is 179 cm³/mol. The number of rotatable bonds is 2. The molecular formula is C39H26N4O5. The van der Waals surface area contributed by atoms with E-state index in [0.717, 1.165) is 16.7 Å². The minimum atomic E-state index is 0.290. The molecule has 2 aromatic heterocycles. The standard InChI is InChI=1S/C39H26N4O5/c1-25-18-32-22-33(19-25)48-37-24-35(41-39(43-37)27-12-6-3-7-13-27)46-31-17-9-15-29(21-31)44-28-14-8-16-30(20-28)45-34-23-36(47-32)42-38(40-34)26-10-4-2-5-11-26/h2-24H,1H3. The van der Waals surface area contributed by atoms with Gasteiger partial charge < -0.3 is 23.7 Å². The van der Waals surface area contributed by atoms with Crippen molar-refractivity contribution in [1.82, 2.24) is 19.9 Å². The summed E-state index contributed by atoms with van der Waals surface area (Å²) in [6.07, 6.45) is 0. The third-order valence-electron chi connectivity index (χ3n) is 7.18. The Morgan fingerprint density at radius 3 is 1.10 bits per heavy atom. The van der Waals surface area contributed by atoms with E-state index in [4.69, 9.17) is 33.7 Å². The molecule has 7 aromatic rings. The van der Waals surface area contributed by atoms with Crippen molar-refractivity contribution in [1.29, 1.82) is 0 Å². The molecule has 48 heavy (non-hydrogen) atoms. The maximum atomic E-state index is 6.32. The Balaban J connectivity index is 1.26. The first kappa shape index (κ1) is 28.7. The topological polar surface area (TPSA) is 97.7 Å². The summed E-state index contributed by atoms with van der Waals surface area (Å²) in [5.74, 6) is 5.23. The highest BCUT2D eigenvalue weighted by atomic mass is 16.5. The molecule has 232 valence electrons. The molecular weight excluding hydrogens is 604 g/mol. The van der Waals surface area contributed by atoms with E-state index in [-0.39, 0.29) is 11.8 Å². The molecule has 1 aliphatic rings. The fourth-order valence-electron chi connectivity index (χ4n) is 5.10. The van der Waals surface area contributed by atoms with Crippen molar-refractivity contribution < 1.29 is 23.7 Å². The Morgan fingerprint density at radius 1 is 0.333 bits per heavy atom. The Labute approximate surface area is 276 Å². The van der Waals surface area contributed by atoms with E-state index < -0.39 is 0 Å². The lowest BCUT2D eigenvalue weighted by molar-refractivity contribution is 0.419. The van der Waals surface area contributed by atoms with Crippen LogP contribution in [0.5, 0.6) is 58.0 Å². The fraction of sp³-hybridized carbons (Fsp3) is 0.0256. The summed E-state index contributed by atoms with van der Waals surface area (Å²) >= 11 is 0. The Bertz CT molecular complexity index is 2090. The molecule has 9 nitrogen and oxygen atoms in total. The molecule has 0 saturated carbocycles. The maximum absolute atomic E-state index is 6.32. The lowest BCUT2D eigenvalue weighted by atomic mass is 10.2. The number of ether oxygens (including phenoxy) is 5. The second kappa shape index (κ2) is 12.6. The third kappa shape index (κ3) is 6.61. The molecule has 0 amide bonds. The van der Waals surface area contributed by atoms with Gasteiger partial charge in [0.1, 0.15) is 34.5 Å². The van der Waals surface area contributed by atoms with Crippen LogP contribution in [0.4, 0.5) is 0 Å². The number of aromatic nitrogens is 4. The van der Waals surface area contributed by atoms with Gasteiger partial charge in [0.15, 0.2) is 11.6 Å². The zero-order valence-corrected chi connectivity index (χ0v) is 25.6. The molecule has 0 fully saturated rings. The highest BCUT2D eigenvalue weighted by Gasteiger charge is 2.15. The zero-order valence-electron chi connectivity index (χ0n) is 25.6. The largest absolute Gasteiger partial charge is 0.457 e. The number of benzene rings is 5. The summed E-state index contributed by atoms with van der Waals surface area (Å²) < 4.78 is 31.3. The molecule has 8 rings (SSSR count). The summed E-state index contributed by atoms with van der Waals surface area (Å²) in [5.41, 5.74) is 2.52. The van der Waals surface area contributed by atoms with Gasteiger partial charge in [-0.2, -0.15) is 19.9 Å². The van der Waals surface area contributed by atoms with Crippen molar-refractivity contribution in [2.45, 2.75) is 6.92 Å². The molecule has 0 radical (unpaired) electrons. The summed E-state index contributed by atoms with van der Waals surface area (Å²) in [7, 11) is 0. The van der Waals surface area contributed by atoms with Crippen molar-refractivity contribution >= 4 is 0 Å². The summed E-state index contributed by atoms with van der Waals surface area (Å²) in [4.78, 5) is 18.8. The summed E-state index contributed by atoms with van der Waals surface area (Å²) in [6, 6.07) is 42.7. The second-order valence-electron chi connectivity index (χ2n) is 10.9. The van der Waals surface area contributed by atoms with Crippen LogP contribution in [0.2, 0.25) is 0 Å². The SMILES string of the molecule is Cc1cc2cc(c1)Oc1cc(nc(-c3ccccc3)n1)Oc1cccc(c1)Oc1cccc(c1)Oc1cc(nc(-c3ccccc3)n1)O2. The van der Waals surface area contributed by atoms with Gasteiger partial charge in [0, 0.05) is 29.3 Å². The molecule has 0 unspecified atom stereocenters. The van der Waals surface area contributed by atoms with Crippen LogP contribution in [-0.2, 0) is 0 Å². The van der Waals surface area contributed by atoms with Crippen molar-refractivity contribution in [3.8, 4) is 80.8 Å². The number of fused-ring (bicyclic) bond motifs is 10. The normalized spacial score (nSPS) is 11.9. The fourth-order valence-corrected chi connectivity index (χ4v) is 5.10. The van der Waals surface area contributed by atoms with E-state index in [1.165, 1.54) is 0 Å². The minimum absolute atomic E-state index is 0.290. The Morgan fingerprint density at radius 2 is 0.688 bits per heavy atom.